The van der Waals surface area contributed by atoms with Crippen LogP contribution in [0.2, 0.25) is 0 Å². The Morgan fingerprint density at radius 1 is 0.885 bits per heavy atom. The fraction of sp³-hybridized carbons (Fsp3) is 0.446. The maximum absolute atomic E-state index is 15.6. The highest BCUT2D eigenvalue weighted by Gasteiger charge is 2.44. The number of rotatable bonds is 20. The van der Waals surface area contributed by atoms with E-state index in [1.807, 2.05) is 77.8 Å². The number of piperazine rings is 1. The second kappa shape index (κ2) is 25.3. The first kappa shape index (κ1) is 58.8. The number of aliphatic hydroxyl groups excluding tert-OH is 1. The number of benzene rings is 3. The van der Waals surface area contributed by atoms with E-state index in [0.717, 1.165) is 27.8 Å². The number of H-pyrrole nitrogens is 1. The molecule has 2 aromatic heterocycles. The van der Waals surface area contributed by atoms with Crippen molar-refractivity contribution in [2.75, 3.05) is 69.9 Å². The molecule has 0 unspecified atom stereocenters. The number of alkyl halides is 3. The van der Waals surface area contributed by atoms with E-state index in [2.05, 4.69) is 30.8 Å². The number of β-amino-alcohol motifs (C(OH)–C–C–N with tert-alkyl or cyclic N) is 1. The predicted molar refractivity (Wildman–Crippen MR) is 288 cm³/mol. The van der Waals surface area contributed by atoms with E-state index in [4.69, 9.17) is 9.47 Å². The maximum Gasteiger partial charge on any atom is 0.417 e. The van der Waals surface area contributed by atoms with Gasteiger partial charge in [0, 0.05) is 87.0 Å². The number of likely N-dealkylation sites (tertiary alicyclic amines) is 1. The Morgan fingerprint density at radius 2 is 1.58 bits per heavy atom. The van der Waals surface area contributed by atoms with Gasteiger partial charge in [-0.15, -0.1) is 11.3 Å². The molecule has 0 aliphatic carbocycles. The minimum Gasteiger partial charge on any atom is -0.391 e. The van der Waals surface area contributed by atoms with Gasteiger partial charge in [-0.3, -0.25) is 33.7 Å². The summed E-state index contributed by atoms with van der Waals surface area (Å²) in [6.07, 6.45) is -5.32. The first-order valence-electron chi connectivity index (χ1n) is 25.6. The Bertz CT molecular complexity index is 3020. The quantitative estimate of drug-likeness (QED) is 0.0391. The van der Waals surface area contributed by atoms with E-state index in [0.29, 0.717) is 31.0 Å². The Hall–Kier alpha value is -6.85. The van der Waals surface area contributed by atoms with Crippen molar-refractivity contribution >= 4 is 52.1 Å². The molecule has 17 nitrogen and oxygen atoms in total. The molecular formula is C56H66F4N8O9S. The lowest BCUT2D eigenvalue weighted by Crippen LogP contribution is -2.55. The number of halogens is 4. The Balaban J connectivity index is 0.891. The number of amides is 4. The number of carbonyl (C=O) groups excluding carboxylic acids is 5. The van der Waals surface area contributed by atoms with Crippen LogP contribution in [0, 0.1) is 24.1 Å². The second-order valence-electron chi connectivity index (χ2n) is 20.9. The van der Waals surface area contributed by atoms with Crippen molar-refractivity contribution < 1.29 is 56.1 Å². The van der Waals surface area contributed by atoms with Gasteiger partial charge < -0.3 is 45.3 Å². The van der Waals surface area contributed by atoms with E-state index < -0.39 is 75.8 Å². The lowest BCUT2D eigenvalue weighted by Gasteiger charge is -2.44. The van der Waals surface area contributed by atoms with Crippen LogP contribution < -0.4 is 26.4 Å². The van der Waals surface area contributed by atoms with Crippen LogP contribution >= 0.6 is 11.3 Å². The van der Waals surface area contributed by atoms with Crippen LogP contribution in [0.25, 0.3) is 21.6 Å². The summed E-state index contributed by atoms with van der Waals surface area (Å²) in [5.41, 5.74) is 1.48. The zero-order valence-electron chi connectivity index (χ0n) is 44.6. The van der Waals surface area contributed by atoms with Gasteiger partial charge in [0.1, 0.15) is 18.5 Å². The van der Waals surface area contributed by atoms with Crippen LogP contribution in [-0.4, -0.2) is 138 Å². The van der Waals surface area contributed by atoms with Gasteiger partial charge in [-0.25, -0.2) is 9.37 Å². The van der Waals surface area contributed by atoms with Crippen molar-refractivity contribution in [3.05, 3.63) is 123 Å². The van der Waals surface area contributed by atoms with Gasteiger partial charge in [0.2, 0.25) is 17.4 Å². The minimum atomic E-state index is -5.02. The van der Waals surface area contributed by atoms with Crippen molar-refractivity contribution in [3.63, 3.8) is 0 Å². The zero-order valence-corrected chi connectivity index (χ0v) is 45.4. The Morgan fingerprint density at radius 3 is 2.24 bits per heavy atom. The summed E-state index contributed by atoms with van der Waals surface area (Å²) < 4.78 is 68.7. The van der Waals surface area contributed by atoms with Crippen molar-refractivity contribution in [2.24, 2.45) is 11.3 Å². The average Bonchev–Trinajstić information content (AvgIpc) is 4.02. The molecule has 4 amide bonds. The third kappa shape index (κ3) is 14.6. The number of aliphatic hydroxyl groups is 1. The lowest BCUT2D eigenvalue weighted by atomic mass is 9.77. The average molecular weight is 1100 g/mol. The molecule has 2 saturated heterocycles. The Labute approximate surface area is 453 Å². The summed E-state index contributed by atoms with van der Waals surface area (Å²) in [5.74, 6) is -4.39. The van der Waals surface area contributed by atoms with E-state index in [1.54, 1.807) is 29.0 Å². The van der Waals surface area contributed by atoms with E-state index in [9.17, 15) is 47.0 Å². The number of thiazole rings is 1. The zero-order chi connectivity index (χ0) is 56.6. The number of nitrogens with one attached hydrogen (secondary N) is 4. The molecule has 5 atom stereocenters. The summed E-state index contributed by atoms with van der Waals surface area (Å²) in [5, 5.41) is 18.8. The van der Waals surface area contributed by atoms with Crippen molar-refractivity contribution in [2.45, 2.75) is 91.3 Å². The number of carbonyl (C=O) groups is 5. The van der Waals surface area contributed by atoms with E-state index in [-0.39, 0.29) is 99.1 Å². The number of aryl methyl sites for hydroxylation is 1. The molecule has 0 bridgehead atoms. The highest BCUT2D eigenvalue weighted by Crippen LogP contribution is 2.38. The van der Waals surface area contributed by atoms with Gasteiger partial charge in [0.15, 0.2) is 5.78 Å². The van der Waals surface area contributed by atoms with Crippen LogP contribution in [0.4, 0.5) is 28.9 Å². The second-order valence-corrected chi connectivity index (χ2v) is 21.8. The number of ether oxygens (including phenoxy) is 2. The molecule has 5 aromatic rings. The molecule has 22 heteroatoms. The Kier molecular flexibility index (Phi) is 19.1. The van der Waals surface area contributed by atoms with Gasteiger partial charge in [0.25, 0.3) is 11.8 Å². The van der Waals surface area contributed by atoms with Gasteiger partial charge in [0.05, 0.1) is 64.5 Å². The first-order valence-corrected chi connectivity index (χ1v) is 26.5. The van der Waals surface area contributed by atoms with Crippen molar-refractivity contribution in [1.82, 2.24) is 30.4 Å². The third-order valence-corrected chi connectivity index (χ3v) is 15.2. The summed E-state index contributed by atoms with van der Waals surface area (Å²) in [4.78, 5) is 92.5. The predicted octanol–water partition coefficient (Wildman–Crippen LogP) is 7.08. The standard InChI is InChI=1S/C56H66F4N8O9S/c1-32-27-67(28-33(2)66(32)7)47-15-13-37(21-46(47)65-52(73)42-26-62-49(71)24-43(42)56(58,59)60)41-20-38(12-14-45(41)57)51(72)61-16-17-76-18-19-77-30-40(70)22-44(55(4,5)6)54(75)68-29-39(69)23-48(68)53(74)63-25-35-8-10-36(11-9-35)50-34(3)64-31-78-50/h8-15,20-21,24,26,31-33,39,44,48,69H,16-19,22-23,25,27-30H2,1-7H3,(H,61,72)(H,62,71)(H,63,74)(H,65,73)/t32-,33+,39-,44-,48+/m1/s1. The van der Waals surface area contributed by atoms with Crippen LogP contribution in [-0.2, 0) is 36.6 Å². The molecule has 4 heterocycles. The number of ketones is 1. The van der Waals surface area contributed by atoms with Crippen LogP contribution in [0.5, 0.6) is 0 Å². The molecule has 7 rings (SSSR count). The van der Waals surface area contributed by atoms with Crippen LogP contribution in [0.3, 0.4) is 0 Å². The topological polar surface area (TPSA) is 216 Å². The molecule has 2 fully saturated rings. The van der Waals surface area contributed by atoms with Crippen molar-refractivity contribution in [3.8, 4) is 21.6 Å². The third-order valence-electron chi connectivity index (χ3n) is 14.2. The number of pyridine rings is 1. The molecule has 0 radical (unpaired) electrons. The molecule has 2 aliphatic rings. The lowest BCUT2D eigenvalue weighted by molar-refractivity contribution is -0.146. The largest absolute Gasteiger partial charge is 0.417 e. The molecule has 418 valence electrons. The van der Waals surface area contributed by atoms with Crippen LogP contribution in [0.1, 0.15) is 85.0 Å². The number of aromatic amines is 1. The fourth-order valence-corrected chi connectivity index (χ4v) is 10.4. The number of anilines is 2. The number of aromatic nitrogens is 2. The summed E-state index contributed by atoms with van der Waals surface area (Å²) in [6.45, 7) is 12.5. The number of hydrogen-bond donors (Lipinski definition) is 5. The molecule has 3 aromatic carbocycles. The van der Waals surface area contributed by atoms with Crippen molar-refractivity contribution in [1.29, 1.82) is 0 Å². The van der Waals surface area contributed by atoms with Gasteiger partial charge >= 0.3 is 6.18 Å². The first-order chi connectivity index (χ1) is 36.9. The summed E-state index contributed by atoms with van der Waals surface area (Å²) >= 11 is 1.55. The number of nitrogens with zero attached hydrogens (tertiary/aromatic N) is 4. The maximum atomic E-state index is 15.6. The van der Waals surface area contributed by atoms with E-state index in [1.165, 1.54) is 23.1 Å². The summed E-state index contributed by atoms with van der Waals surface area (Å²) in [6, 6.07) is 15.6. The van der Waals surface area contributed by atoms with Crippen LogP contribution in [0.15, 0.2) is 83.2 Å². The molecule has 5 N–H and O–H groups in total. The number of Topliss-reactive ketones (excluding diaryl/α,β-unsaturated/α-hetero) is 1. The van der Waals surface area contributed by atoms with Gasteiger partial charge in [-0.05, 0) is 80.3 Å². The molecular weight excluding hydrogens is 1040 g/mol. The SMILES string of the molecule is Cc1ncsc1-c1ccc(CNC(=O)[C@@H]2C[C@@H](O)CN2C(=O)[C@@H](CC(=O)COCCOCCNC(=O)c2ccc(F)c(-c3ccc(N4C[C@@H](C)N(C)[C@@H](C)C4)c(NC(=O)c4c[nH]c(=O)cc4C(F)(F)F)c3)c2)C(C)(C)C)cc1. The van der Waals surface area contributed by atoms with Gasteiger partial charge in [-0.2, -0.15) is 13.2 Å². The highest BCUT2D eigenvalue weighted by molar-refractivity contribution is 7.13. The van der Waals surface area contributed by atoms with E-state index >= 15 is 4.39 Å². The monoisotopic (exact) mass is 1100 g/mol. The molecule has 2 aliphatic heterocycles. The smallest absolute Gasteiger partial charge is 0.391 e. The molecule has 0 spiro atoms. The number of likely N-dealkylation sites (N-methyl/N-ethyl adjacent to an activating group) is 1. The molecule has 0 saturated carbocycles. The number of hydrogen-bond acceptors (Lipinski definition) is 13. The molecule has 78 heavy (non-hydrogen) atoms. The highest BCUT2D eigenvalue weighted by atomic mass is 32.1. The minimum absolute atomic E-state index is 0.0196. The summed E-state index contributed by atoms with van der Waals surface area (Å²) in [7, 11) is 1.98. The fourth-order valence-electron chi connectivity index (χ4n) is 9.61. The normalized spacial score (nSPS) is 18.4. The van der Waals surface area contributed by atoms with Gasteiger partial charge in [-0.1, -0.05) is 51.1 Å².